The van der Waals surface area contributed by atoms with Crippen LogP contribution >= 0.6 is 22.7 Å². The van der Waals surface area contributed by atoms with Gasteiger partial charge in [-0.3, -0.25) is 14.5 Å². The maximum Gasteiger partial charge on any atom is 0.238 e. The van der Waals surface area contributed by atoms with E-state index in [9.17, 15) is 9.59 Å². The molecule has 1 atom stereocenters. The molecule has 2 aromatic heterocycles. The summed E-state index contributed by atoms with van der Waals surface area (Å²) in [6.45, 7) is 2.71. The molecule has 0 radical (unpaired) electrons. The number of hydrogen-bond donors (Lipinski definition) is 1. The molecule has 0 saturated carbocycles. The normalized spacial score (nSPS) is 16.7. The lowest BCUT2D eigenvalue weighted by Crippen LogP contribution is -2.40. The van der Waals surface area contributed by atoms with E-state index >= 15 is 0 Å². The van der Waals surface area contributed by atoms with Crippen LogP contribution in [0.2, 0.25) is 0 Å². The topological polar surface area (TPSA) is 49.4 Å². The average molecular weight is 397 g/mol. The average Bonchev–Trinajstić information content (AvgIpc) is 3.33. The number of anilines is 1. The summed E-state index contributed by atoms with van der Waals surface area (Å²) in [6.07, 6.45) is 0.974. The van der Waals surface area contributed by atoms with E-state index < -0.39 is 0 Å². The minimum Gasteiger partial charge on any atom is -0.325 e. The predicted molar refractivity (Wildman–Crippen MR) is 111 cm³/mol. The van der Waals surface area contributed by atoms with Crippen molar-refractivity contribution in [1.29, 1.82) is 0 Å². The van der Waals surface area contributed by atoms with Gasteiger partial charge in [-0.05, 0) is 53.9 Å². The molecule has 4 rings (SSSR count). The number of nitrogens with zero attached hydrogens (tertiary/aromatic N) is 1. The lowest BCUT2D eigenvalue weighted by atomic mass is 9.98. The van der Waals surface area contributed by atoms with Crippen molar-refractivity contribution in [3.8, 4) is 0 Å². The van der Waals surface area contributed by atoms with E-state index in [0.717, 1.165) is 13.0 Å². The van der Waals surface area contributed by atoms with Crippen LogP contribution in [-0.2, 0) is 11.2 Å². The Morgan fingerprint density at radius 3 is 2.81 bits per heavy atom. The molecule has 138 valence electrons. The van der Waals surface area contributed by atoms with E-state index in [1.54, 1.807) is 40.9 Å². The van der Waals surface area contributed by atoms with Crippen LogP contribution in [0.25, 0.3) is 0 Å². The van der Waals surface area contributed by atoms with Crippen molar-refractivity contribution < 1.29 is 9.59 Å². The number of rotatable bonds is 5. The van der Waals surface area contributed by atoms with E-state index in [0.29, 0.717) is 17.8 Å². The van der Waals surface area contributed by atoms with Gasteiger partial charge in [-0.1, -0.05) is 18.2 Å². The largest absolute Gasteiger partial charge is 0.325 e. The second-order valence-electron chi connectivity index (χ2n) is 6.62. The smallest absolute Gasteiger partial charge is 0.238 e. The monoisotopic (exact) mass is 396 g/mol. The van der Waals surface area contributed by atoms with Crippen LogP contribution in [0.15, 0.2) is 53.2 Å². The fourth-order valence-electron chi connectivity index (χ4n) is 3.52. The summed E-state index contributed by atoms with van der Waals surface area (Å²) in [5.74, 6) is -0.0687. The number of carbonyl (C=O) groups is 2. The number of hydrogen-bond acceptors (Lipinski definition) is 5. The summed E-state index contributed by atoms with van der Waals surface area (Å²) in [5, 5.41) is 7.17. The highest BCUT2D eigenvalue weighted by Gasteiger charge is 2.31. The molecule has 3 aromatic rings. The van der Waals surface area contributed by atoms with Crippen molar-refractivity contribution in [2.24, 2.45) is 0 Å². The first-order chi connectivity index (χ1) is 13.1. The van der Waals surface area contributed by atoms with Crippen LogP contribution < -0.4 is 5.32 Å². The maximum atomic E-state index is 12.7. The van der Waals surface area contributed by atoms with Crippen LogP contribution in [-0.4, -0.2) is 29.7 Å². The Bertz CT molecular complexity index is 962. The number of fused-ring (bicyclic) bond motifs is 1. The Kier molecular flexibility index (Phi) is 5.20. The van der Waals surface area contributed by atoms with E-state index in [-0.39, 0.29) is 17.7 Å². The zero-order chi connectivity index (χ0) is 18.8. The van der Waals surface area contributed by atoms with Gasteiger partial charge in [-0.2, -0.15) is 0 Å². The summed E-state index contributed by atoms with van der Waals surface area (Å²) in [4.78, 5) is 29.2. The molecular weight excluding hydrogens is 376 g/mol. The van der Waals surface area contributed by atoms with Crippen molar-refractivity contribution in [3.05, 3.63) is 74.1 Å². The molecular formula is C21H20N2O2S2. The van der Waals surface area contributed by atoms with Crippen molar-refractivity contribution >= 4 is 40.1 Å². The summed E-state index contributed by atoms with van der Waals surface area (Å²) >= 11 is 3.53. The van der Waals surface area contributed by atoms with Crippen LogP contribution in [0.4, 0.5) is 5.69 Å². The molecule has 1 aromatic carbocycles. The van der Waals surface area contributed by atoms with Gasteiger partial charge in [0.1, 0.15) is 0 Å². The molecule has 27 heavy (non-hydrogen) atoms. The van der Waals surface area contributed by atoms with Gasteiger partial charge >= 0.3 is 0 Å². The van der Waals surface area contributed by atoms with Crippen LogP contribution in [0.3, 0.4) is 0 Å². The predicted octanol–water partition coefficient (Wildman–Crippen LogP) is 4.60. The summed E-state index contributed by atoms with van der Waals surface area (Å²) in [7, 11) is 0. The number of nitrogens with one attached hydrogen (secondary N) is 1. The molecule has 3 heterocycles. The third-order valence-electron chi connectivity index (χ3n) is 4.78. The highest BCUT2D eigenvalue weighted by molar-refractivity contribution is 7.10. The fraction of sp³-hybridized carbons (Fsp3) is 0.238. The Hall–Kier alpha value is -2.28. The van der Waals surface area contributed by atoms with Crippen LogP contribution in [0, 0.1) is 0 Å². The summed E-state index contributed by atoms with van der Waals surface area (Å²) < 4.78 is 0. The molecule has 1 aliphatic rings. The zero-order valence-electron chi connectivity index (χ0n) is 15.0. The Morgan fingerprint density at radius 1 is 1.15 bits per heavy atom. The Balaban J connectivity index is 1.52. The molecule has 1 aliphatic heterocycles. The van der Waals surface area contributed by atoms with Crippen LogP contribution in [0.1, 0.15) is 38.6 Å². The lowest BCUT2D eigenvalue weighted by molar-refractivity contribution is -0.117. The quantitative estimate of drug-likeness (QED) is 0.641. The highest BCUT2D eigenvalue weighted by atomic mass is 32.1. The van der Waals surface area contributed by atoms with Gasteiger partial charge in [0.15, 0.2) is 5.78 Å². The van der Waals surface area contributed by atoms with Gasteiger partial charge in [0.25, 0.3) is 0 Å². The van der Waals surface area contributed by atoms with E-state index in [1.165, 1.54) is 22.2 Å². The molecule has 0 unspecified atom stereocenters. The molecule has 0 spiro atoms. The number of ketones is 1. The number of benzene rings is 1. The first-order valence-corrected chi connectivity index (χ1v) is 10.6. The molecule has 1 amide bonds. The zero-order valence-corrected chi connectivity index (χ0v) is 16.6. The Morgan fingerprint density at radius 2 is 2.04 bits per heavy atom. The summed E-state index contributed by atoms with van der Waals surface area (Å²) in [5.41, 5.74) is 2.58. The SMILES string of the molecule is CC(=O)c1cccc(NC(=O)CN2CCc3sccc3[C@@H]2c2cccs2)c1. The van der Waals surface area contributed by atoms with Crippen molar-refractivity contribution in [1.82, 2.24) is 4.90 Å². The van der Waals surface area contributed by atoms with E-state index in [1.807, 2.05) is 6.07 Å². The minimum atomic E-state index is -0.0593. The summed E-state index contributed by atoms with van der Waals surface area (Å²) in [6, 6.07) is 13.6. The van der Waals surface area contributed by atoms with Gasteiger partial charge in [0.2, 0.25) is 5.91 Å². The lowest BCUT2D eigenvalue weighted by Gasteiger charge is -2.34. The number of thiophene rings is 2. The molecule has 6 heteroatoms. The van der Waals surface area contributed by atoms with Crippen LogP contribution in [0.5, 0.6) is 0 Å². The molecule has 0 bridgehead atoms. The van der Waals surface area contributed by atoms with Crippen molar-refractivity contribution in [2.45, 2.75) is 19.4 Å². The van der Waals surface area contributed by atoms with E-state index in [2.05, 4.69) is 39.2 Å². The second kappa shape index (κ2) is 7.76. The van der Waals surface area contributed by atoms with Gasteiger partial charge < -0.3 is 5.32 Å². The number of amides is 1. The molecule has 4 nitrogen and oxygen atoms in total. The number of carbonyl (C=O) groups excluding carboxylic acids is 2. The first kappa shape index (κ1) is 18.1. The standard InChI is InChI=1S/C21H20N2O2S2/c1-14(24)15-4-2-5-16(12-15)22-20(25)13-23-9-7-18-17(8-11-27-18)21(23)19-6-3-10-26-19/h2-6,8,10-12,21H,7,9,13H2,1H3,(H,22,25)/t21-/m1/s1. The van der Waals surface area contributed by atoms with Gasteiger partial charge in [0.05, 0.1) is 12.6 Å². The third-order valence-corrected chi connectivity index (χ3v) is 6.70. The molecule has 0 saturated heterocycles. The van der Waals surface area contributed by atoms with Gasteiger partial charge in [-0.25, -0.2) is 0 Å². The minimum absolute atomic E-state index is 0.00937. The van der Waals surface area contributed by atoms with Crippen molar-refractivity contribution in [2.75, 3.05) is 18.4 Å². The highest BCUT2D eigenvalue weighted by Crippen LogP contribution is 2.39. The molecule has 0 fully saturated rings. The maximum absolute atomic E-state index is 12.7. The number of Topliss-reactive ketones (excluding diaryl/α,β-unsaturated/α-hetero) is 1. The van der Waals surface area contributed by atoms with Gasteiger partial charge in [0, 0.05) is 27.5 Å². The van der Waals surface area contributed by atoms with Gasteiger partial charge in [-0.15, -0.1) is 22.7 Å². The third kappa shape index (κ3) is 3.88. The first-order valence-electron chi connectivity index (χ1n) is 8.86. The molecule has 0 aliphatic carbocycles. The molecule has 1 N–H and O–H groups in total. The Labute approximate surface area is 166 Å². The van der Waals surface area contributed by atoms with Crippen molar-refractivity contribution in [3.63, 3.8) is 0 Å². The second-order valence-corrected chi connectivity index (χ2v) is 8.60. The van der Waals surface area contributed by atoms with E-state index in [4.69, 9.17) is 0 Å². The fourth-order valence-corrected chi connectivity index (χ4v) is 5.30.